The maximum absolute atomic E-state index is 12.7. The molecule has 0 aliphatic heterocycles. The van der Waals surface area contributed by atoms with Crippen molar-refractivity contribution in [1.82, 2.24) is 9.97 Å². The van der Waals surface area contributed by atoms with Gasteiger partial charge in [-0.25, -0.2) is 9.97 Å². The minimum atomic E-state index is -0.197. The van der Waals surface area contributed by atoms with E-state index in [0.717, 1.165) is 36.2 Å². The average molecular weight is 389 g/mol. The largest absolute Gasteiger partial charge is 0.354 e. The molecule has 29 heavy (non-hydrogen) atoms. The van der Waals surface area contributed by atoms with Crippen LogP contribution < -0.4 is 10.6 Å². The van der Waals surface area contributed by atoms with Crippen molar-refractivity contribution in [3.8, 4) is 0 Å². The van der Waals surface area contributed by atoms with Crippen molar-refractivity contribution in [2.24, 2.45) is 0 Å². The van der Waals surface area contributed by atoms with Gasteiger partial charge in [0.1, 0.15) is 0 Å². The van der Waals surface area contributed by atoms with Gasteiger partial charge in [-0.1, -0.05) is 62.4 Å². The number of carbonyl (C=O) groups is 1. The average Bonchev–Trinajstić information content (AvgIpc) is 2.73. The van der Waals surface area contributed by atoms with E-state index < -0.39 is 0 Å². The van der Waals surface area contributed by atoms with E-state index in [2.05, 4.69) is 58.7 Å². The van der Waals surface area contributed by atoms with Gasteiger partial charge in [0.15, 0.2) is 0 Å². The van der Waals surface area contributed by atoms with Gasteiger partial charge in [-0.3, -0.25) is 4.79 Å². The summed E-state index contributed by atoms with van der Waals surface area (Å²) in [5, 5.41) is 6.24. The predicted molar refractivity (Wildman–Crippen MR) is 119 cm³/mol. The third-order valence-electron chi connectivity index (χ3n) is 4.85. The first-order valence-electron chi connectivity index (χ1n) is 10.1. The molecule has 0 spiro atoms. The van der Waals surface area contributed by atoms with Crippen molar-refractivity contribution in [3.05, 3.63) is 83.2 Å². The Bertz CT molecular complexity index is 937. The molecule has 5 nitrogen and oxygen atoms in total. The Balaban J connectivity index is 1.55. The molecular formula is C24H28N4O. The lowest BCUT2D eigenvalue weighted by Gasteiger charge is -2.16. The summed E-state index contributed by atoms with van der Waals surface area (Å²) in [5.74, 6) is 0.661. The maximum Gasteiger partial charge on any atom is 0.258 e. The molecule has 5 heteroatoms. The lowest BCUT2D eigenvalue weighted by Crippen LogP contribution is -2.16. The third-order valence-corrected chi connectivity index (χ3v) is 4.85. The first kappa shape index (κ1) is 20.5. The standard InChI is InChI=1S/C24H28N4O/c1-17(2)21-13-7-9-18(3)22(21)28-23(29)20-15-26-24(27-16-20)25-14-8-12-19-10-5-4-6-11-19/h4-7,9-11,13,15-17H,8,12,14H2,1-3H3,(H,28,29)(H,25,26,27). The number of nitrogens with zero attached hydrogens (tertiary/aromatic N) is 2. The van der Waals surface area contributed by atoms with E-state index in [0.29, 0.717) is 17.4 Å². The van der Waals surface area contributed by atoms with Gasteiger partial charge in [0.2, 0.25) is 5.95 Å². The van der Waals surface area contributed by atoms with Crippen LogP contribution in [0.15, 0.2) is 60.9 Å². The third kappa shape index (κ3) is 5.64. The van der Waals surface area contributed by atoms with Gasteiger partial charge >= 0.3 is 0 Å². The van der Waals surface area contributed by atoms with E-state index in [9.17, 15) is 4.79 Å². The summed E-state index contributed by atoms with van der Waals surface area (Å²) in [4.78, 5) is 21.2. The van der Waals surface area contributed by atoms with E-state index >= 15 is 0 Å². The van der Waals surface area contributed by atoms with E-state index in [4.69, 9.17) is 0 Å². The molecule has 0 atom stereocenters. The molecule has 0 radical (unpaired) electrons. The normalized spacial score (nSPS) is 10.8. The van der Waals surface area contributed by atoms with Crippen molar-refractivity contribution in [1.29, 1.82) is 0 Å². The van der Waals surface area contributed by atoms with Gasteiger partial charge in [-0.05, 0) is 42.4 Å². The molecule has 1 aromatic heterocycles. The monoisotopic (exact) mass is 388 g/mol. The number of anilines is 2. The second-order valence-corrected chi connectivity index (χ2v) is 7.46. The molecule has 3 rings (SSSR count). The fourth-order valence-corrected chi connectivity index (χ4v) is 3.20. The Morgan fingerprint density at radius 3 is 2.41 bits per heavy atom. The zero-order valence-corrected chi connectivity index (χ0v) is 17.3. The van der Waals surface area contributed by atoms with Crippen LogP contribution in [0.2, 0.25) is 0 Å². The van der Waals surface area contributed by atoms with Gasteiger partial charge in [-0.15, -0.1) is 0 Å². The second kappa shape index (κ2) is 9.82. The number of para-hydroxylation sites is 1. The Labute approximate surface area is 172 Å². The predicted octanol–water partition coefficient (Wildman–Crippen LogP) is 5.21. The van der Waals surface area contributed by atoms with Gasteiger partial charge in [0.05, 0.1) is 5.56 Å². The molecule has 0 unspecified atom stereocenters. The number of amides is 1. The lowest BCUT2D eigenvalue weighted by molar-refractivity contribution is 0.102. The van der Waals surface area contributed by atoms with Crippen LogP contribution >= 0.6 is 0 Å². The Morgan fingerprint density at radius 2 is 1.72 bits per heavy atom. The molecule has 1 heterocycles. The SMILES string of the molecule is Cc1cccc(C(C)C)c1NC(=O)c1cnc(NCCCc2ccccc2)nc1. The summed E-state index contributed by atoms with van der Waals surface area (Å²) in [6.07, 6.45) is 5.12. The minimum absolute atomic E-state index is 0.197. The van der Waals surface area contributed by atoms with E-state index in [-0.39, 0.29) is 5.91 Å². The van der Waals surface area contributed by atoms with E-state index in [1.54, 1.807) is 12.4 Å². The minimum Gasteiger partial charge on any atom is -0.354 e. The summed E-state index contributed by atoms with van der Waals surface area (Å²) >= 11 is 0. The Morgan fingerprint density at radius 1 is 1.00 bits per heavy atom. The molecule has 1 amide bonds. The summed E-state index contributed by atoms with van der Waals surface area (Å²) in [5.41, 5.74) is 4.80. The molecule has 3 aromatic rings. The highest BCUT2D eigenvalue weighted by Crippen LogP contribution is 2.27. The van der Waals surface area contributed by atoms with Crippen molar-refractivity contribution >= 4 is 17.5 Å². The molecule has 150 valence electrons. The van der Waals surface area contributed by atoms with Crippen molar-refractivity contribution in [2.45, 2.75) is 39.5 Å². The van der Waals surface area contributed by atoms with Crippen LogP contribution in [0, 0.1) is 6.92 Å². The zero-order valence-electron chi connectivity index (χ0n) is 17.3. The molecule has 0 fully saturated rings. The highest BCUT2D eigenvalue weighted by Gasteiger charge is 2.14. The Kier molecular flexibility index (Phi) is 6.95. The molecule has 0 saturated heterocycles. The highest BCUT2D eigenvalue weighted by atomic mass is 16.1. The number of nitrogens with one attached hydrogen (secondary N) is 2. The number of benzene rings is 2. The van der Waals surface area contributed by atoms with Crippen LogP contribution in [0.25, 0.3) is 0 Å². The number of aryl methyl sites for hydroxylation is 2. The molecule has 2 aromatic carbocycles. The summed E-state index contributed by atoms with van der Waals surface area (Å²) in [6, 6.07) is 16.4. The zero-order chi connectivity index (χ0) is 20.6. The molecule has 0 bridgehead atoms. The van der Waals surface area contributed by atoms with Gasteiger partial charge in [0.25, 0.3) is 5.91 Å². The van der Waals surface area contributed by atoms with Crippen LogP contribution in [0.4, 0.5) is 11.6 Å². The van der Waals surface area contributed by atoms with Crippen LogP contribution in [0.5, 0.6) is 0 Å². The number of aromatic nitrogens is 2. The van der Waals surface area contributed by atoms with Gasteiger partial charge < -0.3 is 10.6 Å². The number of carbonyl (C=O) groups excluding carboxylic acids is 1. The molecule has 0 aliphatic carbocycles. The summed E-state index contributed by atoms with van der Waals surface area (Å²) in [6.45, 7) is 7.01. The highest BCUT2D eigenvalue weighted by molar-refractivity contribution is 6.04. The number of hydrogen-bond acceptors (Lipinski definition) is 4. The molecular weight excluding hydrogens is 360 g/mol. The summed E-state index contributed by atoms with van der Waals surface area (Å²) in [7, 11) is 0. The molecule has 2 N–H and O–H groups in total. The first-order valence-corrected chi connectivity index (χ1v) is 10.1. The molecule has 0 aliphatic rings. The summed E-state index contributed by atoms with van der Waals surface area (Å²) < 4.78 is 0. The topological polar surface area (TPSA) is 66.9 Å². The quantitative estimate of drug-likeness (QED) is 0.520. The first-order chi connectivity index (χ1) is 14.0. The van der Waals surface area contributed by atoms with Crippen LogP contribution in [0.3, 0.4) is 0 Å². The fraction of sp³-hybridized carbons (Fsp3) is 0.292. The Hall–Kier alpha value is -3.21. The maximum atomic E-state index is 12.7. The van der Waals surface area contributed by atoms with Crippen molar-refractivity contribution in [3.63, 3.8) is 0 Å². The van der Waals surface area contributed by atoms with Gasteiger partial charge in [0, 0.05) is 24.6 Å². The van der Waals surface area contributed by atoms with E-state index in [1.165, 1.54) is 5.56 Å². The van der Waals surface area contributed by atoms with Crippen molar-refractivity contribution in [2.75, 3.05) is 17.2 Å². The van der Waals surface area contributed by atoms with Crippen molar-refractivity contribution < 1.29 is 4.79 Å². The second-order valence-electron chi connectivity index (χ2n) is 7.46. The number of hydrogen-bond donors (Lipinski definition) is 2. The fourth-order valence-electron chi connectivity index (χ4n) is 3.20. The number of rotatable bonds is 8. The van der Waals surface area contributed by atoms with Crippen LogP contribution in [-0.2, 0) is 6.42 Å². The smallest absolute Gasteiger partial charge is 0.258 e. The van der Waals surface area contributed by atoms with E-state index in [1.807, 2.05) is 31.2 Å². The molecule has 0 saturated carbocycles. The van der Waals surface area contributed by atoms with Gasteiger partial charge in [-0.2, -0.15) is 0 Å². The van der Waals surface area contributed by atoms with Crippen LogP contribution in [-0.4, -0.2) is 22.4 Å². The lowest BCUT2D eigenvalue weighted by atomic mass is 9.98. The van der Waals surface area contributed by atoms with Crippen LogP contribution in [0.1, 0.15) is 53.2 Å².